The summed E-state index contributed by atoms with van der Waals surface area (Å²) in [6, 6.07) is 2.07. The second-order valence-electron chi connectivity index (χ2n) is 2.98. The Hall–Kier alpha value is -1.01. The minimum atomic E-state index is -0.526. The Morgan fingerprint density at radius 2 is 2.50 bits per heavy atom. The van der Waals surface area contributed by atoms with Crippen LogP contribution in [-0.2, 0) is 9.53 Å². The summed E-state index contributed by atoms with van der Waals surface area (Å²) in [7, 11) is 0. The number of hydrogen-bond donors (Lipinski definition) is 0. The molecule has 0 spiro atoms. The predicted molar refractivity (Wildman–Crippen MR) is 41.0 cm³/mol. The standard InChI is InChI=1S/C8H6ClNO2/c9-6-2-5-1-4(3-10)7(6)8(11)12-5/h2,4-5,7H,1H2/t4-,5-,7+/m0/s1. The molecule has 0 saturated carbocycles. The summed E-state index contributed by atoms with van der Waals surface area (Å²) in [5.41, 5.74) is 0. The van der Waals surface area contributed by atoms with Crippen LogP contribution in [-0.4, -0.2) is 12.1 Å². The van der Waals surface area contributed by atoms with Crippen molar-refractivity contribution in [2.75, 3.05) is 0 Å². The van der Waals surface area contributed by atoms with Crippen LogP contribution in [0.5, 0.6) is 0 Å². The first kappa shape index (κ1) is 7.63. The zero-order valence-corrected chi connectivity index (χ0v) is 6.91. The quantitative estimate of drug-likeness (QED) is 0.530. The highest BCUT2D eigenvalue weighted by atomic mass is 35.5. The van der Waals surface area contributed by atoms with Crippen LogP contribution in [0.1, 0.15) is 6.42 Å². The van der Waals surface area contributed by atoms with Gasteiger partial charge in [-0.25, -0.2) is 0 Å². The minimum absolute atomic E-state index is 0.278. The number of nitriles is 1. The Kier molecular flexibility index (Phi) is 1.59. The Morgan fingerprint density at radius 3 is 2.92 bits per heavy atom. The molecule has 1 saturated heterocycles. The van der Waals surface area contributed by atoms with Crippen molar-refractivity contribution in [2.45, 2.75) is 12.5 Å². The molecule has 1 fully saturated rings. The van der Waals surface area contributed by atoms with Gasteiger partial charge in [0, 0.05) is 11.5 Å². The number of carbonyl (C=O) groups is 1. The van der Waals surface area contributed by atoms with Gasteiger partial charge in [0.15, 0.2) is 0 Å². The third kappa shape index (κ3) is 0.919. The average molecular weight is 184 g/mol. The number of nitrogens with zero attached hydrogens (tertiary/aromatic N) is 1. The fourth-order valence-electron chi connectivity index (χ4n) is 1.64. The Bertz CT molecular complexity index is 305. The normalized spacial score (nSPS) is 38.5. The van der Waals surface area contributed by atoms with E-state index in [1.807, 2.05) is 0 Å². The van der Waals surface area contributed by atoms with Gasteiger partial charge in [0.25, 0.3) is 0 Å². The molecule has 0 unspecified atom stereocenters. The number of ether oxygens (including phenoxy) is 1. The molecule has 0 N–H and O–H groups in total. The molecule has 0 aromatic heterocycles. The van der Waals surface area contributed by atoms with Crippen LogP contribution in [0.4, 0.5) is 0 Å². The lowest BCUT2D eigenvalue weighted by Crippen LogP contribution is -2.41. The molecule has 0 aromatic rings. The molecule has 1 aliphatic carbocycles. The van der Waals surface area contributed by atoms with E-state index in [1.165, 1.54) is 0 Å². The van der Waals surface area contributed by atoms with E-state index in [1.54, 1.807) is 6.08 Å². The molecule has 3 atom stereocenters. The summed E-state index contributed by atoms with van der Waals surface area (Å²) < 4.78 is 4.94. The molecule has 0 aromatic carbocycles. The summed E-state index contributed by atoms with van der Waals surface area (Å²) in [6.45, 7) is 0. The van der Waals surface area contributed by atoms with Gasteiger partial charge in [0.2, 0.25) is 0 Å². The van der Waals surface area contributed by atoms with Gasteiger partial charge in [-0.15, -0.1) is 0 Å². The molecule has 0 radical (unpaired) electrons. The van der Waals surface area contributed by atoms with Gasteiger partial charge in [-0.1, -0.05) is 11.6 Å². The average Bonchev–Trinajstić information content (AvgIpc) is 2.02. The molecular weight excluding hydrogens is 178 g/mol. The van der Waals surface area contributed by atoms with Crippen molar-refractivity contribution in [2.24, 2.45) is 11.8 Å². The highest BCUT2D eigenvalue weighted by Gasteiger charge is 2.44. The number of fused-ring (bicyclic) bond motifs is 2. The Balaban J connectivity index is 2.38. The second kappa shape index (κ2) is 2.49. The highest BCUT2D eigenvalue weighted by Crippen LogP contribution is 2.39. The SMILES string of the molecule is N#C[C@@H]1C[C@H]2C=C(Cl)[C@@H]1C(=O)O2. The fraction of sp³-hybridized carbons (Fsp3) is 0.500. The topological polar surface area (TPSA) is 50.1 Å². The van der Waals surface area contributed by atoms with E-state index in [2.05, 4.69) is 6.07 Å². The lowest BCUT2D eigenvalue weighted by molar-refractivity contribution is -0.159. The van der Waals surface area contributed by atoms with Crippen LogP contribution >= 0.6 is 11.6 Å². The molecule has 0 amide bonds. The van der Waals surface area contributed by atoms with Crippen molar-refractivity contribution < 1.29 is 9.53 Å². The van der Waals surface area contributed by atoms with Crippen LogP contribution in [0.25, 0.3) is 0 Å². The number of rotatable bonds is 0. The highest BCUT2D eigenvalue weighted by molar-refractivity contribution is 6.31. The summed E-state index contributed by atoms with van der Waals surface area (Å²) in [4.78, 5) is 11.1. The minimum Gasteiger partial charge on any atom is -0.458 e. The molecule has 2 aliphatic heterocycles. The molecule has 62 valence electrons. The van der Waals surface area contributed by atoms with Gasteiger partial charge in [-0.05, 0) is 6.08 Å². The molecule has 4 heteroatoms. The molecule has 3 rings (SSSR count). The Morgan fingerprint density at radius 1 is 1.75 bits per heavy atom. The lowest BCUT2D eigenvalue weighted by atomic mass is 9.81. The van der Waals surface area contributed by atoms with Crippen LogP contribution in [0.3, 0.4) is 0 Å². The number of halogens is 1. The van der Waals surface area contributed by atoms with Crippen LogP contribution in [0.15, 0.2) is 11.1 Å². The zero-order chi connectivity index (χ0) is 8.72. The van der Waals surface area contributed by atoms with E-state index in [0.717, 1.165) is 0 Å². The van der Waals surface area contributed by atoms with E-state index in [0.29, 0.717) is 11.5 Å². The predicted octanol–water partition coefficient (Wildman–Crippen LogP) is 1.19. The molecule has 2 heterocycles. The molecule has 3 aliphatic rings. The van der Waals surface area contributed by atoms with E-state index in [4.69, 9.17) is 21.6 Å². The van der Waals surface area contributed by atoms with E-state index in [9.17, 15) is 4.79 Å². The van der Waals surface area contributed by atoms with E-state index >= 15 is 0 Å². The first-order valence-corrected chi connectivity index (χ1v) is 4.07. The molecular formula is C8H6ClNO2. The summed E-state index contributed by atoms with van der Waals surface area (Å²) in [6.07, 6.45) is 2.02. The number of hydrogen-bond acceptors (Lipinski definition) is 3. The van der Waals surface area contributed by atoms with Crippen LogP contribution < -0.4 is 0 Å². The van der Waals surface area contributed by atoms with Gasteiger partial charge < -0.3 is 4.74 Å². The third-order valence-corrected chi connectivity index (χ3v) is 2.58. The third-order valence-electron chi connectivity index (χ3n) is 2.22. The van der Waals surface area contributed by atoms with Crippen molar-refractivity contribution in [3.8, 4) is 6.07 Å². The van der Waals surface area contributed by atoms with Crippen molar-refractivity contribution in [1.29, 1.82) is 5.26 Å². The van der Waals surface area contributed by atoms with E-state index < -0.39 is 5.92 Å². The van der Waals surface area contributed by atoms with Gasteiger partial charge in [0.05, 0.1) is 12.0 Å². The summed E-state index contributed by atoms with van der Waals surface area (Å²) >= 11 is 5.79. The summed E-state index contributed by atoms with van der Waals surface area (Å²) in [5, 5.41) is 9.17. The largest absolute Gasteiger partial charge is 0.458 e. The summed E-state index contributed by atoms with van der Waals surface area (Å²) in [5.74, 6) is -1.18. The van der Waals surface area contributed by atoms with Crippen LogP contribution in [0.2, 0.25) is 0 Å². The van der Waals surface area contributed by atoms with Gasteiger partial charge >= 0.3 is 5.97 Å². The first-order chi connectivity index (χ1) is 5.72. The van der Waals surface area contributed by atoms with E-state index in [-0.39, 0.29) is 18.0 Å². The molecule has 12 heavy (non-hydrogen) atoms. The van der Waals surface area contributed by atoms with Crippen molar-refractivity contribution in [3.05, 3.63) is 11.1 Å². The first-order valence-electron chi connectivity index (χ1n) is 3.69. The monoisotopic (exact) mass is 183 g/mol. The van der Waals surface area contributed by atoms with Crippen molar-refractivity contribution in [1.82, 2.24) is 0 Å². The zero-order valence-electron chi connectivity index (χ0n) is 6.16. The maximum Gasteiger partial charge on any atom is 0.316 e. The maximum atomic E-state index is 11.1. The lowest BCUT2D eigenvalue weighted by Gasteiger charge is -2.35. The van der Waals surface area contributed by atoms with Crippen molar-refractivity contribution in [3.63, 3.8) is 0 Å². The molecule has 2 bridgehead atoms. The smallest absolute Gasteiger partial charge is 0.316 e. The van der Waals surface area contributed by atoms with Gasteiger partial charge in [0.1, 0.15) is 12.0 Å². The number of carbonyl (C=O) groups excluding carboxylic acids is 1. The molecule has 3 nitrogen and oxygen atoms in total. The fourth-order valence-corrected chi connectivity index (χ4v) is 2.02. The maximum absolute atomic E-state index is 11.1. The Labute approximate surface area is 74.6 Å². The van der Waals surface area contributed by atoms with Gasteiger partial charge in [-0.2, -0.15) is 5.26 Å². The number of esters is 1. The van der Waals surface area contributed by atoms with Gasteiger partial charge in [-0.3, -0.25) is 4.79 Å². The van der Waals surface area contributed by atoms with Crippen molar-refractivity contribution >= 4 is 17.6 Å². The van der Waals surface area contributed by atoms with Crippen LogP contribution in [0, 0.1) is 23.2 Å². The second-order valence-corrected chi connectivity index (χ2v) is 3.41.